The summed E-state index contributed by atoms with van der Waals surface area (Å²) in [6.45, 7) is 4.13. The van der Waals surface area contributed by atoms with E-state index in [2.05, 4.69) is 4.74 Å². The van der Waals surface area contributed by atoms with E-state index < -0.39 is 16.6 Å². The maximum absolute atomic E-state index is 11.4. The van der Waals surface area contributed by atoms with Gasteiger partial charge in [-0.2, -0.15) is 0 Å². The highest BCUT2D eigenvalue weighted by atomic mass is 35.5. The molecule has 1 aliphatic heterocycles. The van der Waals surface area contributed by atoms with Crippen LogP contribution in [0.1, 0.15) is 13.8 Å². The van der Waals surface area contributed by atoms with E-state index in [1.165, 1.54) is 7.11 Å². The van der Waals surface area contributed by atoms with Crippen molar-refractivity contribution in [3.05, 3.63) is 0 Å². The zero-order valence-electron chi connectivity index (χ0n) is 8.80. The van der Waals surface area contributed by atoms with Crippen molar-refractivity contribution in [2.45, 2.75) is 24.5 Å². The number of esters is 1. The molecule has 0 spiro atoms. The van der Waals surface area contributed by atoms with Gasteiger partial charge in [0.1, 0.15) is 0 Å². The molecule has 1 fully saturated rings. The molecule has 0 N–H and O–H groups in total. The summed E-state index contributed by atoms with van der Waals surface area (Å²) in [6.07, 6.45) is 0. The second-order valence-electron chi connectivity index (χ2n) is 3.67. The molecule has 0 aromatic carbocycles. The molecule has 4 nitrogen and oxygen atoms in total. The van der Waals surface area contributed by atoms with E-state index in [0.717, 1.165) is 0 Å². The first kappa shape index (κ1) is 11.8. The van der Waals surface area contributed by atoms with Crippen LogP contribution in [0, 0.1) is 5.92 Å². The molecule has 0 bridgehead atoms. The lowest BCUT2D eigenvalue weighted by atomic mass is 9.92. The Kier molecular flexibility index (Phi) is 3.09. The molecule has 0 aromatic heterocycles. The van der Waals surface area contributed by atoms with Crippen LogP contribution in [0.4, 0.5) is 0 Å². The van der Waals surface area contributed by atoms with E-state index in [1.54, 1.807) is 7.11 Å². The van der Waals surface area contributed by atoms with Crippen LogP contribution in [-0.4, -0.2) is 37.5 Å². The molecular weight excluding hydrogens is 208 g/mol. The quantitative estimate of drug-likeness (QED) is 0.407. The van der Waals surface area contributed by atoms with Crippen LogP contribution in [0.3, 0.4) is 0 Å². The Labute approximate surface area is 88.5 Å². The maximum atomic E-state index is 11.4. The zero-order chi connectivity index (χ0) is 11.0. The average molecular weight is 223 g/mol. The van der Waals surface area contributed by atoms with Crippen LogP contribution in [-0.2, 0) is 19.0 Å². The summed E-state index contributed by atoms with van der Waals surface area (Å²) in [4.78, 5) is 11.4. The molecule has 82 valence electrons. The summed E-state index contributed by atoms with van der Waals surface area (Å²) < 4.78 is 14.9. The molecule has 2 unspecified atom stereocenters. The van der Waals surface area contributed by atoms with E-state index >= 15 is 0 Å². The Morgan fingerprint density at radius 3 is 2.43 bits per heavy atom. The first-order valence-electron chi connectivity index (χ1n) is 4.41. The van der Waals surface area contributed by atoms with E-state index in [-0.39, 0.29) is 12.5 Å². The summed E-state index contributed by atoms with van der Waals surface area (Å²) in [6, 6.07) is 0. The van der Waals surface area contributed by atoms with Crippen molar-refractivity contribution >= 4 is 17.6 Å². The number of carbonyl (C=O) groups is 1. The van der Waals surface area contributed by atoms with Gasteiger partial charge in [-0.05, 0) is 5.92 Å². The minimum absolute atomic E-state index is 0.0825. The highest BCUT2D eigenvalue weighted by Gasteiger charge is 2.76. The van der Waals surface area contributed by atoms with E-state index in [0.29, 0.717) is 0 Å². The van der Waals surface area contributed by atoms with Gasteiger partial charge in [0, 0.05) is 7.11 Å². The second-order valence-corrected chi connectivity index (χ2v) is 4.20. The number of hydrogen-bond donors (Lipinski definition) is 0. The minimum Gasteiger partial charge on any atom is -0.466 e. The van der Waals surface area contributed by atoms with E-state index in [1.807, 2.05) is 13.8 Å². The lowest BCUT2D eigenvalue weighted by Gasteiger charge is -2.17. The normalized spacial score (nSPS) is 35.9. The minimum atomic E-state index is -1.37. The third-order valence-electron chi connectivity index (χ3n) is 2.56. The Morgan fingerprint density at radius 1 is 1.50 bits per heavy atom. The fourth-order valence-electron chi connectivity index (χ4n) is 1.56. The Hall–Kier alpha value is -0.320. The third kappa shape index (κ3) is 1.42. The molecular formula is C9H15ClO4. The van der Waals surface area contributed by atoms with Gasteiger partial charge >= 0.3 is 5.97 Å². The fourth-order valence-corrected chi connectivity index (χ4v) is 2.05. The zero-order valence-corrected chi connectivity index (χ0v) is 9.55. The first-order valence-corrected chi connectivity index (χ1v) is 4.79. The average Bonchev–Trinajstić information content (AvgIpc) is 2.74. The smallest absolute Gasteiger partial charge is 0.357 e. The van der Waals surface area contributed by atoms with E-state index in [4.69, 9.17) is 21.1 Å². The van der Waals surface area contributed by atoms with Gasteiger partial charge in [-0.1, -0.05) is 25.4 Å². The molecule has 14 heavy (non-hydrogen) atoms. The number of rotatable bonds is 4. The molecule has 1 rings (SSSR count). The van der Waals surface area contributed by atoms with Crippen molar-refractivity contribution in [3.63, 3.8) is 0 Å². The largest absolute Gasteiger partial charge is 0.466 e. The number of hydrogen-bond acceptors (Lipinski definition) is 4. The van der Waals surface area contributed by atoms with Crippen LogP contribution >= 0.6 is 11.6 Å². The van der Waals surface area contributed by atoms with Crippen LogP contribution < -0.4 is 0 Å². The maximum Gasteiger partial charge on any atom is 0.357 e. The van der Waals surface area contributed by atoms with Crippen molar-refractivity contribution < 1.29 is 19.0 Å². The number of epoxide rings is 1. The lowest BCUT2D eigenvalue weighted by Crippen LogP contribution is -2.37. The van der Waals surface area contributed by atoms with Gasteiger partial charge in [0.2, 0.25) is 0 Å². The van der Waals surface area contributed by atoms with Crippen LogP contribution in [0.25, 0.3) is 0 Å². The number of methoxy groups -OCH3 is 2. The van der Waals surface area contributed by atoms with Crippen LogP contribution in [0.5, 0.6) is 0 Å². The van der Waals surface area contributed by atoms with Crippen molar-refractivity contribution in [1.82, 2.24) is 0 Å². The molecule has 0 aromatic rings. The van der Waals surface area contributed by atoms with Crippen LogP contribution in [0.2, 0.25) is 0 Å². The van der Waals surface area contributed by atoms with Gasteiger partial charge in [-0.3, -0.25) is 0 Å². The summed E-state index contributed by atoms with van der Waals surface area (Å²) in [5.74, 6) is -0.482. The third-order valence-corrected chi connectivity index (χ3v) is 3.12. The molecule has 0 radical (unpaired) electrons. The summed E-state index contributed by atoms with van der Waals surface area (Å²) in [5, 5.41) is -1.37. The van der Waals surface area contributed by atoms with Crippen molar-refractivity contribution in [2.24, 2.45) is 5.92 Å². The van der Waals surface area contributed by atoms with Crippen molar-refractivity contribution in [2.75, 3.05) is 20.8 Å². The molecule has 1 saturated heterocycles. The summed E-state index contributed by atoms with van der Waals surface area (Å²) >= 11 is 6.01. The lowest BCUT2D eigenvalue weighted by molar-refractivity contribution is -0.143. The predicted octanol–water partition coefficient (Wildman–Crippen LogP) is 1.17. The van der Waals surface area contributed by atoms with Gasteiger partial charge < -0.3 is 14.2 Å². The molecule has 1 aliphatic rings. The highest BCUT2D eigenvalue weighted by molar-refractivity contribution is 6.36. The Morgan fingerprint density at radius 2 is 2.07 bits per heavy atom. The topological polar surface area (TPSA) is 48.1 Å². The van der Waals surface area contributed by atoms with Gasteiger partial charge in [0.05, 0.1) is 13.7 Å². The molecule has 2 atom stereocenters. The monoisotopic (exact) mass is 222 g/mol. The SMILES string of the molecule is COCC1(C(C)C)OC1(Cl)C(=O)OC. The van der Waals surface area contributed by atoms with Crippen molar-refractivity contribution in [3.8, 4) is 0 Å². The highest BCUT2D eigenvalue weighted by Crippen LogP contribution is 2.56. The number of halogens is 1. The molecule has 1 heterocycles. The van der Waals surface area contributed by atoms with Gasteiger partial charge in [-0.15, -0.1) is 0 Å². The molecule has 0 saturated carbocycles. The number of alkyl halides is 1. The predicted molar refractivity (Wildman–Crippen MR) is 51.1 cm³/mol. The fraction of sp³-hybridized carbons (Fsp3) is 0.889. The summed E-state index contributed by atoms with van der Waals surface area (Å²) in [5.41, 5.74) is -0.754. The number of ether oxygens (including phenoxy) is 3. The van der Waals surface area contributed by atoms with Gasteiger partial charge in [0.15, 0.2) is 5.60 Å². The van der Waals surface area contributed by atoms with Crippen molar-refractivity contribution in [1.29, 1.82) is 0 Å². The molecule has 5 heteroatoms. The van der Waals surface area contributed by atoms with Gasteiger partial charge in [-0.25, -0.2) is 4.79 Å². The van der Waals surface area contributed by atoms with Crippen LogP contribution in [0.15, 0.2) is 0 Å². The Balaban J connectivity index is 2.82. The Bertz CT molecular complexity index is 243. The molecule has 0 aliphatic carbocycles. The summed E-state index contributed by atoms with van der Waals surface area (Å²) in [7, 11) is 2.83. The number of carbonyl (C=O) groups excluding carboxylic acids is 1. The second kappa shape index (κ2) is 3.68. The first-order chi connectivity index (χ1) is 6.44. The van der Waals surface area contributed by atoms with E-state index in [9.17, 15) is 4.79 Å². The standard InChI is InChI=1S/C9H15ClO4/c1-6(2)8(5-12-3)9(10,14-8)7(11)13-4/h6H,5H2,1-4H3. The molecule has 0 amide bonds. The van der Waals surface area contributed by atoms with Gasteiger partial charge in [0.25, 0.3) is 5.06 Å².